The average Bonchev–Trinajstić information content (AvgIpc) is 2.88. The molecule has 2 aromatic rings. The maximum Gasteiger partial charge on any atom is 0.127 e. The van der Waals surface area contributed by atoms with Gasteiger partial charge in [-0.05, 0) is 47.8 Å². The molecular weight excluding hydrogens is 245 g/mol. The van der Waals surface area contributed by atoms with Crippen LogP contribution in [0.1, 0.15) is 30.5 Å². The van der Waals surface area contributed by atoms with Gasteiger partial charge in [-0.15, -0.1) is 0 Å². The van der Waals surface area contributed by atoms with Gasteiger partial charge in [-0.2, -0.15) is 11.3 Å². The fraction of sp³-hybridized carbons (Fsp3) is 0.333. The van der Waals surface area contributed by atoms with E-state index in [1.165, 1.54) is 11.6 Å². The molecule has 0 spiro atoms. The van der Waals surface area contributed by atoms with Crippen LogP contribution in [0.25, 0.3) is 0 Å². The van der Waals surface area contributed by atoms with Crippen LogP contribution in [0.3, 0.4) is 0 Å². The molecule has 1 aromatic heterocycles. The zero-order chi connectivity index (χ0) is 12.8. The first-order valence-electron chi connectivity index (χ1n) is 6.30. The molecular formula is C15H18FNS. The van der Waals surface area contributed by atoms with Gasteiger partial charge in [0.2, 0.25) is 0 Å². The first-order valence-corrected chi connectivity index (χ1v) is 7.24. The molecule has 96 valence electrons. The second-order valence-electron chi connectivity index (χ2n) is 4.36. The number of thiophene rings is 1. The smallest absolute Gasteiger partial charge is 0.127 e. The molecule has 18 heavy (non-hydrogen) atoms. The third-order valence-electron chi connectivity index (χ3n) is 2.94. The average molecular weight is 263 g/mol. The minimum absolute atomic E-state index is 0.0562. The molecule has 0 saturated carbocycles. The van der Waals surface area contributed by atoms with Crippen molar-refractivity contribution in [1.82, 2.24) is 5.32 Å². The normalized spacial score (nSPS) is 12.6. The lowest BCUT2D eigenvalue weighted by Gasteiger charge is -2.19. The summed E-state index contributed by atoms with van der Waals surface area (Å²) < 4.78 is 13.9. The lowest BCUT2D eigenvalue weighted by atomic mass is 10.00. The van der Waals surface area contributed by atoms with E-state index in [9.17, 15) is 4.39 Å². The molecule has 1 heterocycles. The Morgan fingerprint density at radius 2 is 2.11 bits per heavy atom. The number of rotatable bonds is 6. The molecule has 1 N–H and O–H groups in total. The van der Waals surface area contributed by atoms with Crippen LogP contribution >= 0.6 is 11.3 Å². The van der Waals surface area contributed by atoms with Crippen molar-refractivity contribution in [2.45, 2.75) is 25.8 Å². The minimum atomic E-state index is -0.124. The molecule has 0 bridgehead atoms. The Bertz CT molecular complexity index is 467. The van der Waals surface area contributed by atoms with Crippen molar-refractivity contribution in [2.24, 2.45) is 0 Å². The second-order valence-corrected chi connectivity index (χ2v) is 5.14. The third kappa shape index (κ3) is 3.40. The Labute approximate surface area is 112 Å². The van der Waals surface area contributed by atoms with Gasteiger partial charge in [-0.25, -0.2) is 4.39 Å². The molecule has 1 aromatic carbocycles. The monoisotopic (exact) mass is 263 g/mol. The Morgan fingerprint density at radius 1 is 1.28 bits per heavy atom. The lowest BCUT2D eigenvalue weighted by Crippen LogP contribution is -2.24. The van der Waals surface area contributed by atoms with E-state index in [4.69, 9.17) is 0 Å². The number of benzene rings is 1. The van der Waals surface area contributed by atoms with Crippen molar-refractivity contribution >= 4 is 11.3 Å². The van der Waals surface area contributed by atoms with Crippen LogP contribution < -0.4 is 5.32 Å². The van der Waals surface area contributed by atoms with Crippen molar-refractivity contribution in [1.29, 1.82) is 0 Å². The van der Waals surface area contributed by atoms with Gasteiger partial charge in [-0.3, -0.25) is 0 Å². The molecule has 0 aliphatic carbocycles. The van der Waals surface area contributed by atoms with E-state index in [0.29, 0.717) is 0 Å². The highest BCUT2D eigenvalue weighted by atomic mass is 32.1. The summed E-state index contributed by atoms with van der Waals surface area (Å²) in [4.78, 5) is 0. The van der Waals surface area contributed by atoms with E-state index < -0.39 is 0 Å². The van der Waals surface area contributed by atoms with Gasteiger partial charge >= 0.3 is 0 Å². The molecule has 0 radical (unpaired) electrons. The Kier molecular flexibility index (Phi) is 4.90. The van der Waals surface area contributed by atoms with Crippen LogP contribution in [-0.2, 0) is 6.42 Å². The van der Waals surface area contributed by atoms with Gasteiger partial charge in [0.1, 0.15) is 5.82 Å². The second kappa shape index (κ2) is 6.66. The van der Waals surface area contributed by atoms with E-state index in [2.05, 4.69) is 29.1 Å². The fourth-order valence-electron chi connectivity index (χ4n) is 2.01. The molecule has 0 amide bonds. The van der Waals surface area contributed by atoms with E-state index in [1.807, 2.05) is 12.1 Å². The van der Waals surface area contributed by atoms with E-state index >= 15 is 0 Å². The van der Waals surface area contributed by atoms with Crippen LogP contribution in [0, 0.1) is 5.82 Å². The predicted octanol–water partition coefficient (Wildman–Crippen LogP) is 4.17. The Balaban J connectivity index is 2.16. The van der Waals surface area contributed by atoms with Crippen molar-refractivity contribution in [3.05, 3.63) is 58.0 Å². The molecule has 1 atom stereocenters. The molecule has 0 aliphatic rings. The summed E-state index contributed by atoms with van der Waals surface area (Å²) >= 11 is 1.68. The molecule has 0 aliphatic heterocycles. The van der Waals surface area contributed by atoms with Gasteiger partial charge in [0.05, 0.1) is 0 Å². The SMILES string of the molecule is CCCNC(Cc1ccsc1)c1ccccc1F. The predicted molar refractivity (Wildman–Crippen MR) is 75.5 cm³/mol. The Hall–Kier alpha value is -1.19. The number of hydrogen-bond acceptors (Lipinski definition) is 2. The van der Waals surface area contributed by atoms with Gasteiger partial charge in [0, 0.05) is 11.6 Å². The van der Waals surface area contributed by atoms with Crippen molar-refractivity contribution in [3.8, 4) is 0 Å². The first-order chi connectivity index (χ1) is 8.81. The maximum atomic E-state index is 13.9. The van der Waals surface area contributed by atoms with Crippen LogP contribution in [-0.4, -0.2) is 6.54 Å². The summed E-state index contributed by atoms with van der Waals surface area (Å²) in [6.07, 6.45) is 1.89. The van der Waals surface area contributed by atoms with E-state index in [0.717, 1.165) is 24.9 Å². The molecule has 1 unspecified atom stereocenters. The number of nitrogens with one attached hydrogen (secondary N) is 1. The maximum absolute atomic E-state index is 13.9. The highest BCUT2D eigenvalue weighted by Gasteiger charge is 2.15. The molecule has 3 heteroatoms. The lowest BCUT2D eigenvalue weighted by molar-refractivity contribution is 0.497. The molecule has 1 nitrogen and oxygen atoms in total. The van der Waals surface area contributed by atoms with Gasteiger partial charge in [0.25, 0.3) is 0 Å². The quantitative estimate of drug-likeness (QED) is 0.824. The van der Waals surface area contributed by atoms with Crippen LogP contribution in [0.15, 0.2) is 41.1 Å². The van der Waals surface area contributed by atoms with Crippen molar-refractivity contribution in [3.63, 3.8) is 0 Å². The topological polar surface area (TPSA) is 12.0 Å². The van der Waals surface area contributed by atoms with Crippen molar-refractivity contribution in [2.75, 3.05) is 6.54 Å². The van der Waals surface area contributed by atoms with Gasteiger partial charge < -0.3 is 5.32 Å². The molecule has 0 fully saturated rings. The van der Waals surface area contributed by atoms with Crippen LogP contribution in [0.5, 0.6) is 0 Å². The summed E-state index contributed by atoms with van der Waals surface area (Å²) in [6, 6.07) is 9.19. The summed E-state index contributed by atoms with van der Waals surface area (Å²) in [5, 5.41) is 7.62. The van der Waals surface area contributed by atoms with Gasteiger partial charge in [-0.1, -0.05) is 25.1 Å². The summed E-state index contributed by atoms with van der Waals surface area (Å²) in [6.45, 7) is 3.03. The number of halogens is 1. The highest BCUT2D eigenvalue weighted by molar-refractivity contribution is 7.07. The largest absolute Gasteiger partial charge is 0.310 e. The Morgan fingerprint density at radius 3 is 2.78 bits per heavy atom. The summed E-state index contributed by atoms with van der Waals surface area (Å²) in [5.74, 6) is -0.124. The van der Waals surface area contributed by atoms with Gasteiger partial charge in [0.15, 0.2) is 0 Å². The van der Waals surface area contributed by atoms with Crippen molar-refractivity contribution < 1.29 is 4.39 Å². The minimum Gasteiger partial charge on any atom is -0.310 e. The summed E-state index contributed by atoms with van der Waals surface area (Å²) in [7, 11) is 0. The van der Waals surface area contributed by atoms with E-state index in [1.54, 1.807) is 17.4 Å². The number of hydrogen-bond donors (Lipinski definition) is 1. The third-order valence-corrected chi connectivity index (χ3v) is 3.67. The molecule has 0 saturated heterocycles. The highest BCUT2D eigenvalue weighted by Crippen LogP contribution is 2.22. The van der Waals surface area contributed by atoms with Crippen LogP contribution in [0.2, 0.25) is 0 Å². The first kappa shape index (κ1) is 13.2. The summed E-state index contributed by atoms with van der Waals surface area (Å²) in [5.41, 5.74) is 2.02. The van der Waals surface area contributed by atoms with Crippen LogP contribution in [0.4, 0.5) is 4.39 Å². The standard InChI is InChI=1S/C15H18FNS/c1-2-8-17-15(10-12-7-9-18-11-12)13-5-3-4-6-14(13)16/h3-7,9,11,15,17H,2,8,10H2,1H3. The zero-order valence-corrected chi connectivity index (χ0v) is 11.3. The molecule has 2 rings (SSSR count). The van der Waals surface area contributed by atoms with E-state index in [-0.39, 0.29) is 11.9 Å². The zero-order valence-electron chi connectivity index (χ0n) is 10.5. The fourth-order valence-corrected chi connectivity index (χ4v) is 2.69.